The molecule has 0 aliphatic carbocycles. The lowest BCUT2D eigenvalue weighted by Crippen LogP contribution is -2.50. The first-order valence-electron chi connectivity index (χ1n) is 7.70. The standard InChI is InChI=1S/C16H17ClN4O4S2/c1-20(2)27(24,25)19-21(26(22,23)12-7-4-3-5-8-12)15-10-6-9-14-16(15)13(17)11-18-14/h3-11,18-19H,1-2H3. The van der Waals surface area contributed by atoms with Crippen LogP contribution >= 0.6 is 11.6 Å². The lowest BCUT2D eigenvalue weighted by molar-refractivity contribution is 0.505. The Bertz CT molecular complexity index is 1180. The summed E-state index contributed by atoms with van der Waals surface area (Å²) in [5.41, 5.74) is 0.642. The minimum absolute atomic E-state index is 0.0740. The maximum atomic E-state index is 13.2. The minimum atomic E-state index is -4.26. The fraction of sp³-hybridized carbons (Fsp3) is 0.125. The molecule has 1 heterocycles. The third-order valence-electron chi connectivity index (χ3n) is 3.81. The highest BCUT2D eigenvalue weighted by Crippen LogP contribution is 2.34. The van der Waals surface area contributed by atoms with Gasteiger partial charge in [-0.1, -0.05) is 40.7 Å². The minimum Gasteiger partial charge on any atom is -0.360 e. The fourth-order valence-corrected chi connectivity index (χ4v) is 4.93. The number of fused-ring (bicyclic) bond motifs is 1. The van der Waals surface area contributed by atoms with Crippen LogP contribution in [0.15, 0.2) is 59.6 Å². The summed E-state index contributed by atoms with van der Waals surface area (Å²) in [7, 11) is -5.81. The summed E-state index contributed by atoms with van der Waals surface area (Å²) in [6.45, 7) is 0. The number of aromatic nitrogens is 1. The van der Waals surface area contributed by atoms with E-state index in [1.165, 1.54) is 38.5 Å². The zero-order valence-electron chi connectivity index (χ0n) is 14.4. The molecule has 0 radical (unpaired) electrons. The van der Waals surface area contributed by atoms with Crippen molar-refractivity contribution in [2.75, 3.05) is 18.5 Å². The Kier molecular flexibility index (Phi) is 5.19. The Balaban J connectivity index is 2.27. The van der Waals surface area contributed by atoms with Crippen molar-refractivity contribution in [3.05, 3.63) is 59.8 Å². The molecule has 144 valence electrons. The van der Waals surface area contributed by atoms with Crippen molar-refractivity contribution in [2.45, 2.75) is 4.90 Å². The molecule has 0 aliphatic rings. The number of nitrogens with one attached hydrogen (secondary N) is 2. The van der Waals surface area contributed by atoms with Crippen LogP contribution in [0.2, 0.25) is 5.02 Å². The molecule has 11 heteroatoms. The van der Waals surface area contributed by atoms with Crippen molar-refractivity contribution in [1.82, 2.24) is 14.1 Å². The summed E-state index contributed by atoms with van der Waals surface area (Å²) in [5, 5.41) is 0.637. The van der Waals surface area contributed by atoms with Crippen LogP contribution in [0.5, 0.6) is 0 Å². The number of rotatable bonds is 6. The average molecular weight is 429 g/mol. The van der Waals surface area contributed by atoms with E-state index in [2.05, 4.69) is 9.82 Å². The van der Waals surface area contributed by atoms with Crippen molar-refractivity contribution in [2.24, 2.45) is 0 Å². The third kappa shape index (κ3) is 3.66. The number of anilines is 1. The smallest absolute Gasteiger partial charge is 0.297 e. The van der Waals surface area contributed by atoms with Crippen LogP contribution in [0.25, 0.3) is 10.9 Å². The molecule has 27 heavy (non-hydrogen) atoms. The molecule has 0 bridgehead atoms. The number of benzene rings is 2. The summed E-state index contributed by atoms with van der Waals surface area (Å²) in [4.78, 5) is 4.97. The van der Waals surface area contributed by atoms with E-state index in [0.29, 0.717) is 15.3 Å². The van der Waals surface area contributed by atoms with Crippen molar-refractivity contribution in [3.8, 4) is 0 Å². The highest BCUT2D eigenvalue weighted by Gasteiger charge is 2.32. The van der Waals surface area contributed by atoms with Crippen LogP contribution in [0.4, 0.5) is 5.69 Å². The molecule has 2 aromatic carbocycles. The van der Waals surface area contributed by atoms with E-state index in [1.807, 2.05) is 0 Å². The SMILES string of the molecule is CN(C)S(=O)(=O)NN(c1cccc2[nH]cc(Cl)c12)S(=O)(=O)c1ccccc1. The Morgan fingerprint density at radius 2 is 1.63 bits per heavy atom. The van der Waals surface area contributed by atoms with Gasteiger partial charge in [-0.15, -0.1) is 0 Å². The van der Waals surface area contributed by atoms with Gasteiger partial charge >= 0.3 is 0 Å². The molecule has 1 aromatic heterocycles. The van der Waals surface area contributed by atoms with Crippen LogP contribution in [-0.2, 0) is 20.2 Å². The quantitative estimate of drug-likeness (QED) is 0.588. The van der Waals surface area contributed by atoms with Gasteiger partial charge in [0.1, 0.15) is 0 Å². The Hall–Kier alpha value is -2.11. The molecule has 0 spiro atoms. The molecule has 0 aliphatic heterocycles. The number of nitrogens with zero attached hydrogens (tertiary/aromatic N) is 2. The molecule has 8 nitrogen and oxygen atoms in total. The van der Waals surface area contributed by atoms with E-state index in [-0.39, 0.29) is 15.6 Å². The van der Waals surface area contributed by atoms with Crippen LogP contribution in [0.1, 0.15) is 0 Å². The van der Waals surface area contributed by atoms with Gasteiger partial charge in [-0.25, -0.2) is 0 Å². The van der Waals surface area contributed by atoms with Gasteiger partial charge < -0.3 is 4.98 Å². The zero-order chi connectivity index (χ0) is 19.8. The first-order chi connectivity index (χ1) is 12.6. The van der Waals surface area contributed by atoms with Gasteiger partial charge in [-0.3, -0.25) is 0 Å². The highest BCUT2D eigenvalue weighted by molar-refractivity contribution is 7.94. The van der Waals surface area contributed by atoms with Gasteiger partial charge in [0.25, 0.3) is 20.2 Å². The van der Waals surface area contributed by atoms with Gasteiger partial charge in [0, 0.05) is 31.2 Å². The summed E-state index contributed by atoms with van der Waals surface area (Å²) in [5.74, 6) is 0. The van der Waals surface area contributed by atoms with Crippen molar-refractivity contribution in [1.29, 1.82) is 0 Å². The van der Waals surface area contributed by atoms with Crippen molar-refractivity contribution >= 4 is 48.4 Å². The lowest BCUT2D eigenvalue weighted by atomic mass is 10.2. The predicted molar refractivity (Wildman–Crippen MR) is 105 cm³/mol. The molecule has 0 unspecified atom stereocenters. The van der Waals surface area contributed by atoms with Crippen molar-refractivity contribution < 1.29 is 16.8 Å². The van der Waals surface area contributed by atoms with E-state index in [0.717, 1.165) is 4.31 Å². The maximum Gasteiger partial charge on any atom is 0.297 e. The summed E-state index contributed by atoms with van der Waals surface area (Å²) in [6, 6.07) is 12.3. The van der Waals surface area contributed by atoms with Gasteiger partial charge in [0.2, 0.25) is 0 Å². The Labute approximate surface area is 162 Å². The van der Waals surface area contributed by atoms with Crippen LogP contribution in [-0.4, -0.2) is 40.2 Å². The topological polar surface area (TPSA) is 103 Å². The number of aromatic amines is 1. The third-order valence-corrected chi connectivity index (χ3v) is 7.24. The highest BCUT2D eigenvalue weighted by atomic mass is 35.5. The second kappa shape index (κ2) is 7.13. The maximum absolute atomic E-state index is 13.2. The molecule has 3 rings (SSSR count). The number of sulfonamides is 1. The molecule has 0 saturated carbocycles. The number of hydrogen-bond donors (Lipinski definition) is 2. The molecule has 3 aromatic rings. The first kappa shape index (κ1) is 19.6. The molecular weight excluding hydrogens is 412 g/mol. The van der Waals surface area contributed by atoms with E-state index in [1.54, 1.807) is 30.3 Å². The molecule has 0 saturated heterocycles. The van der Waals surface area contributed by atoms with Crippen LogP contribution in [0, 0.1) is 0 Å². The second-order valence-electron chi connectivity index (χ2n) is 5.80. The molecule has 0 amide bonds. The van der Waals surface area contributed by atoms with Crippen molar-refractivity contribution in [3.63, 3.8) is 0 Å². The van der Waals surface area contributed by atoms with E-state index >= 15 is 0 Å². The summed E-state index contributed by atoms with van der Waals surface area (Å²) >= 11 is 6.21. The van der Waals surface area contributed by atoms with Crippen LogP contribution in [0.3, 0.4) is 0 Å². The summed E-state index contributed by atoms with van der Waals surface area (Å²) < 4.78 is 52.8. The Morgan fingerprint density at radius 3 is 2.26 bits per heavy atom. The van der Waals surface area contributed by atoms with Gasteiger partial charge in [0.05, 0.1) is 15.6 Å². The molecule has 0 fully saturated rings. The predicted octanol–water partition coefficient (Wildman–Crippen LogP) is 2.33. The largest absolute Gasteiger partial charge is 0.360 e. The van der Waals surface area contributed by atoms with Gasteiger partial charge in [0.15, 0.2) is 0 Å². The number of H-pyrrole nitrogens is 1. The lowest BCUT2D eigenvalue weighted by Gasteiger charge is -2.27. The first-order valence-corrected chi connectivity index (χ1v) is 11.0. The van der Waals surface area contributed by atoms with E-state index in [4.69, 9.17) is 11.6 Å². The number of hydrogen-bond acceptors (Lipinski definition) is 4. The fourth-order valence-electron chi connectivity index (χ4n) is 2.41. The summed E-state index contributed by atoms with van der Waals surface area (Å²) in [6.07, 6.45) is 1.50. The Morgan fingerprint density at radius 1 is 0.963 bits per heavy atom. The molecular formula is C16H17ClN4O4S2. The molecule has 0 atom stereocenters. The zero-order valence-corrected chi connectivity index (χ0v) is 16.8. The number of hydrazine groups is 1. The van der Waals surface area contributed by atoms with Crippen LogP contribution < -0.4 is 9.25 Å². The number of halogens is 1. The van der Waals surface area contributed by atoms with Gasteiger partial charge in [-0.05, 0) is 24.3 Å². The van der Waals surface area contributed by atoms with E-state index in [9.17, 15) is 16.8 Å². The average Bonchev–Trinajstić information content (AvgIpc) is 3.02. The van der Waals surface area contributed by atoms with E-state index < -0.39 is 20.2 Å². The normalized spacial score (nSPS) is 12.6. The second-order valence-corrected chi connectivity index (χ2v) is 9.85. The molecule has 2 N–H and O–H groups in total. The monoisotopic (exact) mass is 428 g/mol. The van der Waals surface area contributed by atoms with Gasteiger partial charge in [-0.2, -0.15) is 25.6 Å².